The first-order valence-electron chi connectivity index (χ1n) is 5.30. The molecule has 0 radical (unpaired) electrons. The second-order valence-corrected chi connectivity index (χ2v) is 3.86. The van der Waals surface area contributed by atoms with Gasteiger partial charge in [0, 0.05) is 26.9 Å². The molecule has 0 aliphatic carbocycles. The van der Waals surface area contributed by atoms with E-state index in [0.717, 1.165) is 0 Å². The maximum atomic E-state index is 11.7. The van der Waals surface area contributed by atoms with Gasteiger partial charge in [-0.2, -0.15) is 13.2 Å². The van der Waals surface area contributed by atoms with Crippen molar-refractivity contribution in [1.82, 2.24) is 10.2 Å². The van der Waals surface area contributed by atoms with Crippen LogP contribution >= 0.6 is 0 Å². The van der Waals surface area contributed by atoms with Crippen LogP contribution in [0.4, 0.5) is 13.2 Å². The van der Waals surface area contributed by atoms with Crippen molar-refractivity contribution in [2.45, 2.75) is 31.9 Å². The van der Waals surface area contributed by atoms with E-state index in [1.807, 2.05) is 0 Å². The summed E-state index contributed by atoms with van der Waals surface area (Å²) in [5.41, 5.74) is 0. The number of nitrogens with one attached hydrogen (secondary N) is 1. The number of hydrogen-bond acceptors (Lipinski definition) is 2. The van der Waals surface area contributed by atoms with Crippen molar-refractivity contribution in [3.05, 3.63) is 0 Å². The number of rotatable bonds is 7. The number of alkyl halides is 3. The molecule has 0 saturated carbocycles. The third-order valence-corrected chi connectivity index (χ3v) is 2.06. The standard InChI is InChI=1S/C10H19F3N2O/c1-15(2)9(16)5-3-7-14-8-4-6-10(11,12)13/h14H,3-8H2,1-2H3. The molecule has 0 heterocycles. The zero-order valence-corrected chi connectivity index (χ0v) is 9.73. The van der Waals surface area contributed by atoms with Gasteiger partial charge in [-0.25, -0.2) is 0 Å². The Morgan fingerprint density at radius 1 is 1.19 bits per heavy atom. The van der Waals surface area contributed by atoms with E-state index in [1.54, 1.807) is 14.1 Å². The average molecular weight is 240 g/mol. The molecule has 0 bridgehead atoms. The number of amides is 1. The first-order chi connectivity index (χ1) is 7.33. The van der Waals surface area contributed by atoms with Crippen LogP contribution in [0.25, 0.3) is 0 Å². The van der Waals surface area contributed by atoms with Crippen LogP contribution < -0.4 is 5.32 Å². The minimum atomic E-state index is -4.07. The molecule has 0 aliphatic rings. The fourth-order valence-corrected chi connectivity index (χ4v) is 1.13. The zero-order valence-electron chi connectivity index (χ0n) is 9.73. The highest BCUT2D eigenvalue weighted by molar-refractivity contribution is 5.75. The molecule has 1 N–H and O–H groups in total. The molecule has 0 rings (SSSR count). The van der Waals surface area contributed by atoms with Crippen LogP contribution in [0.1, 0.15) is 25.7 Å². The number of carbonyl (C=O) groups is 1. The quantitative estimate of drug-likeness (QED) is 0.688. The highest BCUT2D eigenvalue weighted by Crippen LogP contribution is 2.20. The Hall–Kier alpha value is -0.780. The van der Waals surface area contributed by atoms with Gasteiger partial charge in [-0.15, -0.1) is 0 Å². The molecule has 0 saturated heterocycles. The molecule has 16 heavy (non-hydrogen) atoms. The van der Waals surface area contributed by atoms with Crippen molar-refractivity contribution < 1.29 is 18.0 Å². The van der Waals surface area contributed by atoms with E-state index < -0.39 is 12.6 Å². The molecule has 6 heteroatoms. The second-order valence-electron chi connectivity index (χ2n) is 3.86. The van der Waals surface area contributed by atoms with Crippen molar-refractivity contribution >= 4 is 5.91 Å². The van der Waals surface area contributed by atoms with Crippen molar-refractivity contribution in [2.75, 3.05) is 27.2 Å². The predicted molar refractivity (Wildman–Crippen MR) is 56.1 cm³/mol. The van der Waals surface area contributed by atoms with E-state index in [2.05, 4.69) is 5.32 Å². The van der Waals surface area contributed by atoms with E-state index in [4.69, 9.17) is 0 Å². The van der Waals surface area contributed by atoms with Gasteiger partial charge in [-0.3, -0.25) is 4.79 Å². The fourth-order valence-electron chi connectivity index (χ4n) is 1.13. The maximum Gasteiger partial charge on any atom is 0.389 e. The Labute approximate surface area is 94.0 Å². The monoisotopic (exact) mass is 240 g/mol. The zero-order chi connectivity index (χ0) is 12.6. The van der Waals surface area contributed by atoms with Crippen molar-refractivity contribution in [1.29, 1.82) is 0 Å². The molecule has 0 fully saturated rings. The summed E-state index contributed by atoms with van der Waals surface area (Å²) in [6.07, 6.45) is -3.65. The van der Waals surface area contributed by atoms with E-state index in [0.29, 0.717) is 25.9 Å². The SMILES string of the molecule is CN(C)C(=O)CCCNCCCC(F)(F)F. The van der Waals surface area contributed by atoms with Crippen LogP contribution in [0, 0.1) is 0 Å². The van der Waals surface area contributed by atoms with Gasteiger partial charge in [0.25, 0.3) is 0 Å². The number of carbonyl (C=O) groups excluding carboxylic acids is 1. The second kappa shape index (κ2) is 7.49. The van der Waals surface area contributed by atoms with Crippen LogP contribution in [0.5, 0.6) is 0 Å². The van der Waals surface area contributed by atoms with E-state index in [9.17, 15) is 18.0 Å². The van der Waals surface area contributed by atoms with Gasteiger partial charge in [0.1, 0.15) is 0 Å². The minimum Gasteiger partial charge on any atom is -0.349 e. The molecule has 1 amide bonds. The van der Waals surface area contributed by atoms with Gasteiger partial charge in [0.15, 0.2) is 0 Å². The topological polar surface area (TPSA) is 32.3 Å². The van der Waals surface area contributed by atoms with E-state index >= 15 is 0 Å². The molecular formula is C10H19F3N2O. The summed E-state index contributed by atoms with van der Waals surface area (Å²) in [6.45, 7) is 0.924. The van der Waals surface area contributed by atoms with Crippen molar-refractivity contribution in [3.8, 4) is 0 Å². The molecule has 0 aromatic rings. The molecular weight excluding hydrogens is 221 g/mol. The molecule has 0 unspecified atom stereocenters. The lowest BCUT2D eigenvalue weighted by molar-refractivity contribution is -0.135. The Morgan fingerprint density at radius 2 is 1.75 bits per heavy atom. The van der Waals surface area contributed by atoms with Gasteiger partial charge < -0.3 is 10.2 Å². The smallest absolute Gasteiger partial charge is 0.349 e. The lowest BCUT2D eigenvalue weighted by Gasteiger charge is -2.10. The average Bonchev–Trinajstić information content (AvgIpc) is 2.14. The molecule has 0 spiro atoms. The highest BCUT2D eigenvalue weighted by Gasteiger charge is 2.25. The van der Waals surface area contributed by atoms with Crippen molar-refractivity contribution in [3.63, 3.8) is 0 Å². The molecule has 96 valence electrons. The number of hydrogen-bond donors (Lipinski definition) is 1. The first kappa shape index (κ1) is 15.2. The molecule has 0 aliphatic heterocycles. The van der Waals surface area contributed by atoms with Crippen LogP contribution in [0.15, 0.2) is 0 Å². The van der Waals surface area contributed by atoms with Crippen molar-refractivity contribution in [2.24, 2.45) is 0 Å². The van der Waals surface area contributed by atoms with Gasteiger partial charge in [-0.05, 0) is 25.9 Å². The summed E-state index contributed by atoms with van der Waals surface area (Å²) in [5.74, 6) is 0.0390. The fraction of sp³-hybridized carbons (Fsp3) is 0.900. The molecule has 0 aromatic heterocycles. The van der Waals surface area contributed by atoms with Gasteiger partial charge >= 0.3 is 6.18 Å². The number of nitrogens with zero attached hydrogens (tertiary/aromatic N) is 1. The van der Waals surface area contributed by atoms with E-state index in [-0.39, 0.29) is 12.3 Å². The summed E-state index contributed by atoms with van der Waals surface area (Å²) < 4.78 is 35.2. The summed E-state index contributed by atoms with van der Waals surface area (Å²) >= 11 is 0. The number of halogens is 3. The minimum absolute atomic E-state index is 0.0390. The Morgan fingerprint density at radius 3 is 2.25 bits per heavy atom. The largest absolute Gasteiger partial charge is 0.389 e. The molecule has 0 aromatic carbocycles. The Balaban J connectivity index is 3.26. The first-order valence-corrected chi connectivity index (χ1v) is 5.30. The lowest BCUT2D eigenvalue weighted by atomic mass is 10.2. The highest BCUT2D eigenvalue weighted by atomic mass is 19.4. The van der Waals surface area contributed by atoms with Crippen LogP contribution in [-0.4, -0.2) is 44.2 Å². The summed E-state index contributed by atoms with van der Waals surface area (Å²) in [6, 6.07) is 0. The Kier molecular flexibility index (Phi) is 7.12. The molecule has 3 nitrogen and oxygen atoms in total. The normalized spacial score (nSPS) is 11.6. The van der Waals surface area contributed by atoms with Gasteiger partial charge in [-0.1, -0.05) is 0 Å². The third kappa shape index (κ3) is 9.76. The molecule has 0 atom stereocenters. The van der Waals surface area contributed by atoms with Crippen LogP contribution in [-0.2, 0) is 4.79 Å². The maximum absolute atomic E-state index is 11.7. The third-order valence-electron chi connectivity index (χ3n) is 2.06. The summed E-state index contributed by atoms with van der Waals surface area (Å²) in [5, 5.41) is 2.88. The van der Waals surface area contributed by atoms with Crippen LogP contribution in [0.2, 0.25) is 0 Å². The lowest BCUT2D eigenvalue weighted by Crippen LogP contribution is -2.24. The summed E-state index contributed by atoms with van der Waals surface area (Å²) in [7, 11) is 3.36. The van der Waals surface area contributed by atoms with Crippen LogP contribution in [0.3, 0.4) is 0 Å². The Bertz CT molecular complexity index is 205. The van der Waals surface area contributed by atoms with Gasteiger partial charge in [0.2, 0.25) is 5.91 Å². The van der Waals surface area contributed by atoms with Gasteiger partial charge in [0.05, 0.1) is 0 Å². The van der Waals surface area contributed by atoms with E-state index in [1.165, 1.54) is 4.90 Å². The summed E-state index contributed by atoms with van der Waals surface area (Å²) in [4.78, 5) is 12.6. The predicted octanol–water partition coefficient (Wildman–Crippen LogP) is 1.79.